The van der Waals surface area contributed by atoms with Gasteiger partial charge in [-0.25, -0.2) is 0 Å². The number of nitrogens with one attached hydrogen (secondary N) is 1. The highest BCUT2D eigenvalue weighted by Gasteiger charge is 2.18. The van der Waals surface area contributed by atoms with E-state index in [0.717, 1.165) is 38.5 Å². The molecule has 6 heteroatoms. The van der Waals surface area contributed by atoms with Crippen LogP contribution in [0.5, 0.6) is 0 Å². The second kappa shape index (κ2) is 69.1. The van der Waals surface area contributed by atoms with Crippen molar-refractivity contribution in [1.82, 2.24) is 5.32 Å². The van der Waals surface area contributed by atoms with Gasteiger partial charge in [-0.3, -0.25) is 9.59 Å². The molecule has 0 saturated heterocycles. The summed E-state index contributed by atoms with van der Waals surface area (Å²) < 4.78 is 5.48. The summed E-state index contributed by atoms with van der Waals surface area (Å²) in [6, 6.07) is -0.626. The maximum Gasteiger partial charge on any atom is 0.305 e. The van der Waals surface area contributed by atoms with Crippen molar-refractivity contribution in [3.63, 3.8) is 0 Å². The highest BCUT2D eigenvalue weighted by molar-refractivity contribution is 5.76. The molecule has 0 fully saturated rings. The van der Waals surface area contributed by atoms with E-state index in [9.17, 15) is 19.8 Å². The van der Waals surface area contributed by atoms with Gasteiger partial charge in [0.1, 0.15) is 0 Å². The summed E-state index contributed by atoms with van der Waals surface area (Å²) in [6.07, 6.45) is 85.9. The van der Waals surface area contributed by atoms with Crippen LogP contribution in [0, 0.1) is 0 Å². The summed E-state index contributed by atoms with van der Waals surface area (Å²) in [5.74, 6) is -0.0407. The summed E-state index contributed by atoms with van der Waals surface area (Å²) in [7, 11) is 0. The van der Waals surface area contributed by atoms with Crippen LogP contribution in [0.3, 0.4) is 0 Å². The zero-order chi connectivity index (χ0) is 57.1. The second-order valence-electron chi connectivity index (χ2n) is 25.3. The number of allylic oxidation sites excluding steroid dienone is 1. The van der Waals surface area contributed by atoms with Crippen molar-refractivity contribution in [3.8, 4) is 0 Å². The molecule has 3 N–H and O–H groups in total. The lowest BCUT2D eigenvalue weighted by molar-refractivity contribution is -0.143. The van der Waals surface area contributed by atoms with Crippen molar-refractivity contribution < 1.29 is 24.5 Å². The molecular weight excluding hydrogens is 971 g/mol. The number of amides is 1. The predicted octanol–water partition coefficient (Wildman–Crippen LogP) is 23.5. The van der Waals surface area contributed by atoms with E-state index in [2.05, 4.69) is 19.2 Å². The van der Waals surface area contributed by atoms with Crippen LogP contribution in [0.25, 0.3) is 0 Å². The molecule has 0 aromatic carbocycles. The monoisotopic (exact) mass is 1110 g/mol. The Labute approximate surface area is 495 Å². The number of esters is 1. The van der Waals surface area contributed by atoms with Gasteiger partial charge in [-0.05, 0) is 32.1 Å². The third kappa shape index (κ3) is 65.6. The van der Waals surface area contributed by atoms with Gasteiger partial charge in [-0.1, -0.05) is 386 Å². The minimum Gasteiger partial charge on any atom is -0.466 e. The number of hydrogen-bond acceptors (Lipinski definition) is 5. The van der Waals surface area contributed by atoms with Crippen LogP contribution in [-0.4, -0.2) is 47.4 Å². The van der Waals surface area contributed by atoms with Crippen LogP contribution in [0.4, 0.5) is 0 Å². The summed E-state index contributed by atoms with van der Waals surface area (Å²) in [6.45, 7) is 4.95. The summed E-state index contributed by atoms with van der Waals surface area (Å²) >= 11 is 0. The fourth-order valence-corrected chi connectivity index (χ4v) is 11.8. The van der Waals surface area contributed by atoms with E-state index in [1.54, 1.807) is 6.08 Å². The first-order valence-corrected chi connectivity index (χ1v) is 36.5. The molecule has 0 radical (unpaired) electrons. The fraction of sp³-hybridized carbons (Fsp3) is 0.945. The summed E-state index contributed by atoms with van der Waals surface area (Å²) in [5.41, 5.74) is 0. The van der Waals surface area contributed by atoms with E-state index in [4.69, 9.17) is 4.74 Å². The number of rotatable bonds is 69. The van der Waals surface area contributed by atoms with Crippen LogP contribution in [-0.2, 0) is 14.3 Å². The van der Waals surface area contributed by atoms with Crippen LogP contribution in [0.15, 0.2) is 12.2 Å². The number of ether oxygens (including phenoxy) is 1. The molecular formula is C73H143NO5. The Bertz CT molecular complexity index is 1190. The second-order valence-corrected chi connectivity index (χ2v) is 25.3. The van der Waals surface area contributed by atoms with Gasteiger partial charge in [-0.2, -0.15) is 0 Å². The normalized spacial score (nSPS) is 12.5. The van der Waals surface area contributed by atoms with Crippen molar-refractivity contribution in [2.45, 2.75) is 431 Å². The standard InChI is InChI=1S/C73H143NO5/c1-3-5-7-9-11-13-15-17-18-19-20-21-27-30-33-36-39-42-45-49-53-57-61-65-71(76)70(69-75)74-72(77)66-62-58-54-50-46-43-40-37-34-31-28-25-23-22-24-26-29-32-35-38-41-44-48-52-56-60-64-68-79-73(78)67-63-59-55-51-47-16-14-12-10-8-6-4-2/h61,65,70-71,75-76H,3-60,62-64,66-69H2,1-2H3,(H,74,77)/b65-61+. The molecule has 0 saturated carbocycles. The van der Waals surface area contributed by atoms with E-state index < -0.39 is 12.1 Å². The molecule has 1 amide bonds. The molecule has 0 aliphatic heterocycles. The third-order valence-electron chi connectivity index (χ3n) is 17.3. The van der Waals surface area contributed by atoms with Crippen molar-refractivity contribution in [3.05, 3.63) is 12.2 Å². The molecule has 79 heavy (non-hydrogen) atoms. The van der Waals surface area contributed by atoms with E-state index in [1.165, 1.54) is 353 Å². The molecule has 0 aromatic heterocycles. The Morgan fingerprint density at radius 2 is 0.582 bits per heavy atom. The minimum absolute atomic E-state index is 0.0194. The van der Waals surface area contributed by atoms with Gasteiger partial charge in [-0.15, -0.1) is 0 Å². The zero-order valence-corrected chi connectivity index (χ0v) is 53.9. The number of aliphatic hydroxyl groups excluding tert-OH is 2. The van der Waals surface area contributed by atoms with Gasteiger partial charge < -0.3 is 20.3 Å². The maximum atomic E-state index is 12.5. The molecule has 0 aliphatic rings. The van der Waals surface area contributed by atoms with Gasteiger partial charge in [0.15, 0.2) is 0 Å². The molecule has 0 aromatic rings. The van der Waals surface area contributed by atoms with Crippen LogP contribution in [0.2, 0.25) is 0 Å². The van der Waals surface area contributed by atoms with Crippen LogP contribution >= 0.6 is 0 Å². The Morgan fingerprint density at radius 1 is 0.342 bits per heavy atom. The van der Waals surface area contributed by atoms with Gasteiger partial charge in [0, 0.05) is 12.8 Å². The largest absolute Gasteiger partial charge is 0.466 e. The quantitative estimate of drug-likeness (QED) is 0.0320. The summed E-state index contributed by atoms with van der Waals surface area (Å²) in [4.78, 5) is 24.6. The molecule has 0 spiro atoms. The van der Waals surface area contributed by atoms with Crippen molar-refractivity contribution in [2.24, 2.45) is 0 Å². The first-order chi connectivity index (χ1) is 39.0. The minimum atomic E-state index is -0.843. The Kier molecular flexibility index (Phi) is 67.9. The maximum absolute atomic E-state index is 12.5. The number of carbonyl (C=O) groups excluding carboxylic acids is 2. The van der Waals surface area contributed by atoms with Gasteiger partial charge in [0.2, 0.25) is 5.91 Å². The lowest BCUT2D eigenvalue weighted by Crippen LogP contribution is -2.45. The molecule has 470 valence electrons. The smallest absolute Gasteiger partial charge is 0.305 e. The highest BCUT2D eigenvalue weighted by atomic mass is 16.5. The molecule has 2 atom stereocenters. The average molecular weight is 1110 g/mol. The molecule has 0 aliphatic carbocycles. The number of unbranched alkanes of at least 4 members (excludes halogenated alkanes) is 58. The fourth-order valence-electron chi connectivity index (χ4n) is 11.8. The molecule has 2 unspecified atom stereocenters. The first kappa shape index (κ1) is 77.6. The molecule has 0 rings (SSSR count). The van der Waals surface area contributed by atoms with Gasteiger partial charge in [0.05, 0.1) is 25.4 Å². The third-order valence-corrected chi connectivity index (χ3v) is 17.3. The number of hydrogen-bond donors (Lipinski definition) is 3. The predicted molar refractivity (Wildman–Crippen MR) is 347 cm³/mol. The molecule has 0 bridgehead atoms. The Morgan fingerprint density at radius 3 is 0.861 bits per heavy atom. The van der Waals surface area contributed by atoms with Crippen LogP contribution in [0.1, 0.15) is 418 Å². The summed E-state index contributed by atoms with van der Waals surface area (Å²) in [5, 5.41) is 23.3. The van der Waals surface area contributed by atoms with E-state index in [1.807, 2.05) is 6.08 Å². The zero-order valence-electron chi connectivity index (χ0n) is 53.9. The lowest BCUT2D eigenvalue weighted by atomic mass is 10.0. The van der Waals surface area contributed by atoms with E-state index in [0.29, 0.717) is 19.4 Å². The van der Waals surface area contributed by atoms with E-state index >= 15 is 0 Å². The molecule has 6 nitrogen and oxygen atoms in total. The van der Waals surface area contributed by atoms with Gasteiger partial charge in [0.25, 0.3) is 0 Å². The number of aliphatic hydroxyl groups is 2. The van der Waals surface area contributed by atoms with Crippen LogP contribution < -0.4 is 5.32 Å². The lowest BCUT2D eigenvalue weighted by Gasteiger charge is -2.20. The van der Waals surface area contributed by atoms with Gasteiger partial charge >= 0.3 is 5.97 Å². The Hall–Kier alpha value is -1.40. The topological polar surface area (TPSA) is 95.9 Å². The van der Waals surface area contributed by atoms with Crippen molar-refractivity contribution in [2.75, 3.05) is 13.2 Å². The van der Waals surface area contributed by atoms with Crippen molar-refractivity contribution in [1.29, 1.82) is 0 Å². The highest BCUT2D eigenvalue weighted by Crippen LogP contribution is 2.19. The SMILES string of the molecule is CCCCCCCCCCCCCCCCCCCCCCC/C=C/C(O)C(CO)NC(=O)CCCCCCCCCCCCCCCCCCCCCCCCCCCCCOC(=O)CCCCCCCCCCCCCC. The van der Waals surface area contributed by atoms with Crippen molar-refractivity contribution >= 4 is 11.9 Å². The molecule has 0 heterocycles. The number of carbonyl (C=O) groups is 2. The average Bonchev–Trinajstić information content (AvgIpc) is 3.45. The Balaban J connectivity index is 3.37. The first-order valence-electron chi connectivity index (χ1n) is 36.5. The van der Waals surface area contributed by atoms with E-state index in [-0.39, 0.29) is 18.5 Å².